The lowest BCUT2D eigenvalue weighted by Crippen LogP contribution is -2.21. The minimum Gasteiger partial charge on any atom is -0.355 e. The van der Waals surface area contributed by atoms with Gasteiger partial charge in [0.15, 0.2) is 0 Å². The predicted molar refractivity (Wildman–Crippen MR) is 104 cm³/mol. The Hall–Kier alpha value is -2.99. The molecule has 3 rings (SSSR count). The monoisotopic (exact) mass is 365 g/mol. The minimum absolute atomic E-state index is 0.143. The molecular formula is C20H19N3O2S. The number of hydrogen-bond donors (Lipinski definition) is 2. The van der Waals surface area contributed by atoms with Crippen LogP contribution in [0.2, 0.25) is 0 Å². The number of aryl methyl sites for hydroxylation is 1. The summed E-state index contributed by atoms with van der Waals surface area (Å²) in [6.45, 7) is 0. The van der Waals surface area contributed by atoms with E-state index in [1.165, 1.54) is 0 Å². The number of rotatable bonds is 6. The molecule has 1 aromatic heterocycles. The molecule has 0 unspecified atom stereocenters. The van der Waals surface area contributed by atoms with Crippen molar-refractivity contribution in [2.75, 3.05) is 12.4 Å². The van der Waals surface area contributed by atoms with Gasteiger partial charge in [-0.2, -0.15) is 0 Å². The Bertz CT molecular complexity index is 906. The normalized spacial score (nSPS) is 10.3. The van der Waals surface area contributed by atoms with E-state index in [0.29, 0.717) is 24.1 Å². The second-order valence-electron chi connectivity index (χ2n) is 5.68. The number of para-hydroxylation sites is 1. The summed E-state index contributed by atoms with van der Waals surface area (Å²) in [7, 11) is 1.56. The molecule has 0 aliphatic heterocycles. The third-order valence-electron chi connectivity index (χ3n) is 3.85. The molecule has 0 bridgehead atoms. The van der Waals surface area contributed by atoms with E-state index in [2.05, 4.69) is 15.6 Å². The van der Waals surface area contributed by atoms with Gasteiger partial charge in [-0.25, -0.2) is 4.98 Å². The Labute approximate surface area is 156 Å². The molecule has 2 N–H and O–H groups in total. The fourth-order valence-corrected chi connectivity index (χ4v) is 3.37. The number of benzene rings is 2. The molecule has 0 saturated heterocycles. The van der Waals surface area contributed by atoms with Crippen LogP contribution in [-0.2, 0) is 11.2 Å². The molecule has 0 atom stereocenters. The molecule has 0 aliphatic rings. The Balaban J connectivity index is 1.60. The van der Waals surface area contributed by atoms with Gasteiger partial charge in [0, 0.05) is 24.4 Å². The molecule has 0 aliphatic carbocycles. The van der Waals surface area contributed by atoms with Crippen LogP contribution >= 0.6 is 11.3 Å². The zero-order valence-electron chi connectivity index (χ0n) is 14.4. The Morgan fingerprint density at radius 3 is 2.54 bits per heavy atom. The summed E-state index contributed by atoms with van der Waals surface area (Å²) in [4.78, 5) is 28.7. The number of carbonyl (C=O) groups is 2. The maximum atomic E-state index is 12.3. The molecule has 132 valence electrons. The summed E-state index contributed by atoms with van der Waals surface area (Å²) >= 11 is 1.57. The maximum absolute atomic E-state index is 12.3. The highest BCUT2D eigenvalue weighted by Crippen LogP contribution is 2.24. The van der Waals surface area contributed by atoms with E-state index in [1.54, 1.807) is 42.6 Å². The largest absolute Gasteiger partial charge is 0.355 e. The van der Waals surface area contributed by atoms with Crippen molar-refractivity contribution in [1.29, 1.82) is 0 Å². The Kier molecular flexibility index (Phi) is 5.76. The molecule has 0 radical (unpaired) electrons. The molecule has 2 aromatic carbocycles. The lowest BCUT2D eigenvalue weighted by molar-refractivity contribution is -0.116. The minimum atomic E-state index is -0.229. The van der Waals surface area contributed by atoms with Crippen molar-refractivity contribution in [1.82, 2.24) is 10.3 Å². The first kappa shape index (κ1) is 17.8. The number of thiazole rings is 1. The number of aromatic nitrogens is 1. The standard InChI is InChI=1S/C20H19N3O2S/c1-21-19(25)16-9-5-6-10-17(16)23-18(24)12-11-15-13-26-20(22-15)14-7-3-2-4-8-14/h2-10,13H,11-12H2,1H3,(H,21,25)(H,23,24). The van der Waals surface area contributed by atoms with Crippen LogP contribution in [0.4, 0.5) is 5.69 Å². The van der Waals surface area contributed by atoms with E-state index in [-0.39, 0.29) is 11.8 Å². The Morgan fingerprint density at radius 1 is 1.04 bits per heavy atom. The molecule has 0 saturated carbocycles. The number of anilines is 1. The smallest absolute Gasteiger partial charge is 0.253 e. The molecule has 2 amide bonds. The van der Waals surface area contributed by atoms with Gasteiger partial charge < -0.3 is 10.6 Å². The van der Waals surface area contributed by atoms with Gasteiger partial charge in [0.2, 0.25) is 5.91 Å². The summed E-state index contributed by atoms with van der Waals surface area (Å²) in [5.74, 6) is -0.372. The second-order valence-corrected chi connectivity index (χ2v) is 6.54. The van der Waals surface area contributed by atoms with Crippen LogP contribution in [0.3, 0.4) is 0 Å². The first-order valence-corrected chi connectivity index (χ1v) is 9.16. The van der Waals surface area contributed by atoms with Crippen LogP contribution in [0.1, 0.15) is 22.5 Å². The van der Waals surface area contributed by atoms with Crippen molar-refractivity contribution in [3.8, 4) is 10.6 Å². The molecule has 0 fully saturated rings. The molecule has 6 heteroatoms. The summed E-state index contributed by atoms with van der Waals surface area (Å²) in [5.41, 5.74) is 2.93. The van der Waals surface area contributed by atoms with Crippen LogP contribution in [-0.4, -0.2) is 23.8 Å². The number of nitrogens with zero attached hydrogens (tertiary/aromatic N) is 1. The molecule has 0 spiro atoms. The van der Waals surface area contributed by atoms with Crippen LogP contribution in [0.5, 0.6) is 0 Å². The average Bonchev–Trinajstić information content (AvgIpc) is 3.16. The van der Waals surface area contributed by atoms with Gasteiger partial charge in [-0.15, -0.1) is 11.3 Å². The lowest BCUT2D eigenvalue weighted by atomic mass is 10.1. The first-order chi connectivity index (χ1) is 12.7. The van der Waals surface area contributed by atoms with Gasteiger partial charge >= 0.3 is 0 Å². The van der Waals surface area contributed by atoms with Crippen LogP contribution < -0.4 is 10.6 Å². The number of hydrogen-bond acceptors (Lipinski definition) is 4. The van der Waals surface area contributed by atoms with E-state index in [9.17, 15) is 9.59 Å². The summed E-state index contributed by atoms with van der Waals surface area (Å²) in [6, 6.07) is 16.9. The Morgan fingerprint density at radius 2 is 1.77 bits per heavy atom. The van der Waals surface area contributed by atoms with E-state index in [4.69, 9.17) is 0 Å². The van der Waals surface area contributed by atoms with E-state index >= 15 is 0 Å². The van der Waals surface area contributed by atoms with Crippen molar-refractivity contribution in [3.05, 3.63) is 71.2 Å². The zero-order chi connectivity index (χ0) is 18.4. The number of amides is 2. The highest BCUT2D eigenvalue weighted by molar-refractivity contribution is 7.13. The summed E-state index contributed by atoms with van der Waals surface area (Å²) in [5, 5.41) is 8.31. The molecule has 3 aromatic rings. The van der Waals surface area contributed by atoms with Crippen molar-refractivity contribution >= 4 is 28.8 Å². The van der Waals surface area contributed by atoms with Gasteiger partial charge in [-0.3, -0.25) is 9.59 Å². The van der Waals surface area contributed by atoms with Crippen molar-refractivity contribution < 1.29 is 9.59 Å². The third-order valence-corrected chi connectivity index (χ3v) is 4.79. The molecule has 5 nitrogen and oxygen atoms in total. The average molecular weight is 365 g/mol. The molecule has 1 heterocycles. The topological polar surface area (TPSA) is 71.1 Å². The number of carbonyl (C=O) groups excluding carboxylic acids is 2. The quantitative estimate of drug-likeness (QED) is 0.699. The van der Waals surface area contributed by atoms with Crippen LogP contribution in [0.25, 0.3) is 10.6 Å². The number of nitrogens with one attached hydrogen (secondary N) is 2. The summed E-state index contributed by atoms with van der Waals surface area (Å²) in [6.07, 6.45) is 0.858. The van der Waals surface area contributed by atoms with Crippen molar-refractivity contribution in [3.63, 3.8) is 0 Å². The van der Waals surface area contributed by atoms with E-state index < -0.39 is 0 Å². The second kappa shape index (κ2) is 8.40. The highest BCUT2D eigenvalue weighted by atomic mass is 32.1. The van der Waals surface area contributed by atoms with Crippen molar-refractivity contribution in [2.24, 2.45) is 0 Å². The highest BCUT2D eigenvalue weighted by Gasteiger charge is 2.12. The van der Waals surface area contributed by atoms with Gasteiger partial charge in [0.1, 0.15) is 5.01 Å². The van der Waals surface area contributed by atoms with Crippen LogP contribution in [0.15, 0.2) is 60.0 Å². The zero-order valence-corrected chi connectivity index (χ0v) is 15.2. The summed E-state index contributed by atoms with van der Waals surface area (Å²) < 4.78 is 0. The lowest BCUT2D eigenvalue weighted by Gasteiger charge is -2.09. The van der Waals surface area contributed by atoms with Gasteiger partial charge in [-0.1, -0.05) is 42.5 Å². The molecule has 26 heavy (non-hydrogen) atoms. The SMILES string of the molecule is CNC(=O)c1ccccc1NC(=O)CCc1csc(-c2ccccc2)n1. The van der Waals surface area contributed by atoms with E-state index in [0.717, 1.165) is 16.3 Å². The van der Waals surface area contributed by atoms with Crippen molar-refractivity contribution in [2.45, 2.75) is 12.8 Å². The maximum Gasteiger partial charge on any atom is 0.253 e. The fourth-order valence-electron chi connectivity index (χ4n) is 2.51. The molecular weight excluding hydrogens is 346 g/mol. The first-order valence-electron chi connectivity index (χ1n) is 8.28. The van der Waals surface area contributed by atoms with E-state index in [1.807, 2.05) is 35.7 Å². The van der Waals surface area contributed by atoms with Crippen LogP contribution in [0, 0.1) is 0 Å². The van der Waals surface area contributed by atoms with Gasteiger partial charge in [0.05, 0.1) is 16.9 Å². The third kappa shape index (κ3) is 4.34. The van der Waals surface area contributed by atoms with Gasteiger partial charge in [0.25, 0.3) is 5.91 Å². The van der Waals surface area contributed by atoms with Gasteiger partial charge in [-0.05, 0) is 18.6 Å². The fraction of sp³-hybridized carbons (Fsp3) is 0.150. The predicted octanol–water partition coefficient (Wildman–Crippen LogP) is 3.74.